The average Bonchev–Trinajstić information content (AvgIpc) is 3.76. The third-order valence-electron chi connectivity index (χ3n) is 8.09. The number of rotatable bonds is 3. The van der Waals surface area contributed by atoms with Gasteiger partial charge in [-0.15, -0.1) is 11.3 Å². The van der Waals surface area contributed by atoms with Crippen LogP contribution in [0.5, 0.6) is 0 Å². The molecule has 0 aliphatic heterocycles. The first-order chi connectivity index (χ1) is 20.3. The van der Waals surface area contributed by atoms with Crippen LogP contribution in [0, 0.1) is 0 Å². The monoisotopic (exact) mass is 542 g/mol. The molecule has 0 bridgehead atoms. The summed E-state index contributed by atoms with van der Waals surface area (Å²) in [6.07, 6.45) is 2.16. The van der Waals surface area contributed by atoms with E-state index in [9.17, 15) is 0 Å². The Labute approximate surface area is 239 Å². The van der Waals surface area contributed by atoms with Gasteiger partial charge in [0, 0.05) is 39.0 Å². The molecule has 0 radical (unpaired) electrons. The molecule has 9 rings (SSSR count). The zero-order valence-corrected chi connectivity index (χ0v) is 22.7. The fourth-order valence-electron chi connectivity index (χ4n) is 6.28. The summed E-state index contributed by atoms with van der Waals surface area (Å²) in [5, 5.41) is 9.15. The summed E-state index contributed by atoms with van der Waals surface area (Å²) in [6.45, 7) is 0. The summed E-state index contributed by atoms with van der Waals surface area (Å²) in [5.74, 6) is 0.689. The van der Waals surface area contributed by atoms with Gasteiger partial charge in [-0.25, -0.2) is 9.97 Å². The van der Waals surface area contributed by atoms with Crippen LogP contribution in [0.3, 0.4) is 0 Å². The van der Waals surface area contributed by atoms with Gasteiger partial charge in [0.2, 0.25) is 5.95 Å². The van der Waals surface area contributed by atoms with Gasteiger partial charge in [0.1, 0.15) is 4.83 Å². The van der Waals surface area contributed by atoms with Crippen LogP contribution in [0.2, 0.25) is 0 Å². The molecule has 0 amide bonds. The lowest BCUT2D eigenvalue weighted by atomic mass is 10.0. The van der Waals surface area contributed by atoms with E-state index in [0.717, 1.165) is 43.7 Å². The van der Waals surface area contributed by atoms with Crippen molar-refractivity contribution in [1.29, 1.82) is 0 Å². The molecule has 0 spiro atoms. The second-order valence-corrected chi connectivity index (χ2v) is 11.2. The number of aromatic nitrogens is 4. The zero-order chi connectivity index (χ0) is 26.9. The quantitative estimate of drug-likeness (QED) is 0.223. The van der Waals surface area contributed by atoms with E-state index in [0.29, 0.717) is 5.95 Å². The molecule has 5 aromatic carbocycles. The van der Waals surface area contributed by atoms with E-state index in [1.54, 1.807) is 11.3 Å². The fourth-order valence-corrected chi connectivity index (χ4v) is 7.04. The number of fused-ring (bicyclic) bond motifs is 7. The molecule has 4 heterocycles. The highest BCUT2D eigenvalue weighted by atomic mass is 32.1. The molecule has 4 nitrogen and oxygen atoms in total. The van der Waals surface area contributed by atoms with Crippen molar-refractivity contribution in [2.24, 2.45) is 0 Å². The predicted molar refractivity (Wildman–Crippen MR) is 172 cm³/mol. The zero-order valence-electron chi connectivity index (χ0n) is 21.9. The summed E-state index contributed by atoms with van der Waals surface area (Å²) in [7, 11) is 0. The van der Waals surface area contributed by atoms with Gasteiger partial charge < -0.3 is 4.57 Å². The second kappa shape index (κ2) is 8.62. The third-order valence-corrected chi connectivity index (χ3v) is 8.90. The third kappa shape index (κ3) is 3.27. The van der Waals surface area contributed by atoms with E-state index < -0.39 is 0 Å². The SMILES string of the molecule is c1ccc(-n2ccc3c2ccc2c4ccccc4n(-c4nc(-c5cccc6ccccc56)c5ccsc5n4)c23)cc1. The molecule has 0 atom stereocenters. The van der Waals surface area contributed by atoms with Crippen LogP contribution >= 0.6 is 11.3 Å². The molecule has 192 valence electrons. The maximum Gasteiger partial charge on any atom is 0.236 e. The van der Waals surface area contributed by atoms with Crippen molar-refractivity contribution in [3.8, 4) is 22.9 Å². The van der Waals surface area contributed by atoms with E-state index in [2.05, 4.69) is 142 Å². The summed E-state index contributed by atoms with van der Waals surface area (Å²) in [4.78, 5) is 11.5. The highest BCUT2D eigenvalue weighted by Crippen LogP contribution is 2.39. The minimum atomic E-state index is 0.689. The Kier molecular flexibility index (Phi) is 4.74. The van der Waals surface area contributed by atoms with E-state index in [4.69, 9.17) is 9.97 Å². The molecule has 0 saturated heterocycles. The van der Waals surface area contributed by atoms with E-state index >= 15 is 0 Å². The van der Waals surface area contributed by atoms with Gasteiger partial charge in [-0.05, 0) is 52.6 Å². The summed E-state index contributed by atoms with van der Waals surface area (Å²) < 4.78 is 4.51. The second-order valence-electron chi connectivity index (χ2n) is 10.3. The number of nitrogens with zero attached hydrogens (tertiary/aromatic N) is 4. The van der Waals surface area contributed by atoms with Crippen molar-refractivity contribution in [2.75, 3.05) is 0 Å². The molecule has 4 aromatic heterocycles. The standard InChI is InChI=1S/C36H22N4S/c1-2-11-24(12-3-1)39-21-19-29-31(39)18-17-28-26-14-6-7-16-32(26)40(34(28)29)36-37-33(30-20-22-41-35(30)38-36)27-15-8-10-23-9-4-5-13-25(23)27/h1-22H. The van der Waals surface area contributed by atoms with Crippen molar-refractivity contribution in [2.45, 2.75) is 0 Å². The predicted octanol–water partition coefficient (Wildman–Crippen LogP) is 9.55. The van der Waals surface area contributed by atoms with Gasteiger partial charge in [0.05, 0.1) is 22.2 Å². The Balaban J connectivity index is 1.40. The topological polar surface area (TPSA) is 35.6 Å². The summed E-state index contributed by atoms with van der Waals surface area (Å²) in [6, 6.07) is 42.9. The maximum atomic E-state index is 5.36. The van der Waals surface area contributed by atoms with Crippen LogP contribution in [-0.4, -0.2) is 19.1 Å². The lowest BCUT2D eigenvalue weighted by molar-refractivity contribution is 1.02. The van der Waals surface area contributed by atoms with E-state index in [1.165, 1.54) is 26.9 Å². The largest absolute Gasteiger partial charge is 0.316 e. The molecule has 5 heteroatoms. The Morgan fingerprint density at radius 2 is 1.34 bits per heavy atom. The number of hydrogen-bond donors (Lipinski definition) is 0. The van der Waals surface area contributed by atoms with Crippen LogP contribution < -0.4 is 0 Å². The van der Waals surface area contributed by atoms with Crippen LogP contribution in [-0.2, 0) is 0 Å². The normalized spacial score (nSPS) is 11.9. The van der Waals surface area contributed by atoms with Gasteiger partial charge in [0.25, 0.3) is 0 Å². The van der Waals surface area contributed by atoms with Crippen molar-refractivity contribution < 1.29 is 0 Å². The lowest BCUT2D eigenvalue weighted by Crippen LogP contribution is -2.03. The molecule has 0 saturated carbocycles. The van der Waals surface area contributed by atoms with Crippen LogP contribution in [0.15, 0.2) is 133 Å². The number of hydrogen-bond acceptors (Lipinski definition) is 3. The molecular formula is C36H22N4S. The number of benzene rings is 5. The lowest BCUT2D eigenvalue weighted by Gasteiger charge is -2.12. The molecule has 9 aromatic rings. The maximum absolute atomic E-state index is 5.36. The van der Waals surface area contributed by atoms with Gasteiger partial charge >= 0.3 is 0 Å². The number of thiophene rings is 1. The fraction of sp³-hybridized carbons (Fsp3) is 0. The summed E-state index contributed by atoms with van der Waals surface area (Å²) in [5.41, 5.74) is 6.60. The molecule has 0 fully saturated rings. The molecular weight excluding hydrogens is 520 g/mol. The minimum absolute atomic E-state index is 0.689. The Morgan fingerprint density at radius 3 is 2.27 bits per heavy atom. The molecule has 0 unspecified atom stereocenters. The average molecular weight is 543 g/mol. The first-order valence-corrected chi connectivity index (χ1v) is 14.6. The van der Waals surface area contributed by atoms with Gasteiger partial charge in [-0.2, -0.15) is 0 Å². The first-order valence-electron chi connectivity index (χ1n) is 13.7. The van der Waals surface area contributed by atoms with Crippen molar-refractivity contribution in [3.63, 3.8) is 0 Å². The van der Waals surface area contributed by atoms with Crippen LogP contribution in [0.1, 0.15) is 0 Å². The smallest absolute Gasteiger partial charge is 0.236 e. The minimum Gasteiger partial charge on any atom is -0.316 e. The van der Waals surface area contributed by atoms with Crippen molar-refractivity contribution in [3.05, 3.63) is 133 Å². The van der Waals surface area contributed by atoms with Crippen molar-refractivity contribution in [1.82, 2.24) is 19.1 Å². The van der Waals surface area contributed by atoms with Gasteiger partial charge in [-0.1, -0.05) is 84.9 Å². The van der Waals surface area contributed by atoms with Crippen molar-refractivity contribution >= 4 is 65.0 Å². The van der Waals surface area contributed by atoms with Crippen LogP contribution in [0.4, 0.5) is 0 Å². The van der Waals surface area contributed by atoms with E-state index in [1.807, 2.05) is 0 Å². The van der Waals surface area contributed by atoms with Crippen LogP contribution in [0.25, 0.3) is 76.6 Å². The molecule has 41 heavy (non-hydrogen) atoms. The summed E-state index contributed by atoms with van der Waals surface area (Å²) >= 11 is 1.66. The number of para-hydroxylation sites is 2. The van der Waals surface area contributed by atoms with E-state index in [-0.39, 0.29) is 0 Å². The Morgan fingerprint density at radius 1 is 0.537 bits per heavy atom. The van der Waals surface area contributed by atoms with Gasteiger partial charge in [-0.3, -0.25) is 4.57 Å². The Bertz CT molecular complexity index is 2420. The molecule has 0 aliphatic rings. The van der Waals surface area contributed by atoms with Gasteiger partial charge in [0.15, 0.2) is 0 Å². The highest BCUT2D eigenvalue weighted by Gasteiger charge is 2.21. The Hall–Kier alpha value is -5.26. The molecule has 0 N–H and O–H groups in total. The molecule has 0 aliphatic carbocycles. The first kappa shape index (κ1) is 22.5. The highest BCUT2D eigenvalue weighted by molar-refractivity contribution is 7.16.